The van der Waals surface area contributed by atoms with E-state index in [2.05, 4.69) is 5.32 Å². The van der Waals surface area contributed by atoms with Gasteiger partial charge in [0.2, 0.25) is 5.91 Å². The van der Waals surface area contributed by atoms with Gasteiger partial charge in [-0.2, -0.15) is 0 Å². The number of amides is 1. The van der Waals surface area contributed by atoms with Crippen molar-refractivity contribution in [3.63, 3.8) is 0 Å². The summed E-state index contributed by atoms with van der Waals surface area (Å²) in [6.07, 6.45) is 1.22. The summed E-state index contributed by atoms with van der Waals surface area (Å²) >= 11 is 0. The summed E-state index contributed by atoms with van der Waals surface area (Å²) in [6.45, 7) is 9.13. The molecule has 0 saturated heterocycles. The Morgan fingerprint density at radius 3 is 1.28 bits per heavy atom. The first-order chi connectivity index (χ1) is 23.0. The topological polar surface area (TPSA) is 176 Å². The van der Waals surface area contributed by atoms with Crippen LogP contribution in [0.5, 0.6) is 5.75 Å². The predicted molar refractivity (Wildman–Crippen MR) is 170 cm³/mol. The van der Waals surface area contributed by atoms with E-state index in [0.717, 1.165) is 5.69 Å². The van der Waals surface area contributed by atoms with Gasteiger partial charge >= 0.3 is 11.9 Å². The number of nitrogens with one attached hydrogen (secondary N) is 1. The van der Waals surface area contributed by atoms with Gasteiger partial charge in [-0.05, 0) is 37.1 Å². The van der Waals surface area contributed by atoms with E-state index in [1.807, 2.05) is 0 Å². The fourth-order valence-electron chi connectivity index (χ4n) is 3.53. The fourth-order valence-corrected chi connectivity index (χ4v) is 3.53. The molecule has 0 unspecified atom stereocenters. The molecule has 0 spiro atoms. The zero-order chi connectivity index (χ0) is 34.0. The van der Waals surface area contributed by atoms with Crippen LogP contribution in [-0.4, -0.2) is 142 Å². The lowest BCUT2D eigenvalue weighted by Gasteiger charge is -2.09. The van der Waals surface area contributed by atoms with Gasteiger partial charge in [-0.3, -0.25) is 14.4 Å². The molecule has 1 amide bonds. The van der Waals surface area contributed by atoms with Crippen molar-refractivity contribution in [2.75, 3.05) is 124 Å². The van der Waals surface area contributed by atoms with Gasteiger partial charge in [0.25, 0.3) is 0 Å². The Balaban J connectivity index is 1.69. The number of carbonyl (C=O) groups is 3. The molecule has 15 nitrogen and oxygen atoms in total. The molecule has 0 saturated carbocycles. The molecule has 0 aromatic heterocycles. The summed E-state index contributed by atoms with van der Waals surface area (Å²) < 4.78 is 54.1. The first-order valence-electron chi connectivity index (χ1n) is 16.0. The summed E-state index contributed by atoms with van der Waals surface area (Å²) in [5.41, 5.74) is 0.724. The van der Waals surface area contributed by atoms with Crippen LogP contribution in [0.2, 0.25) is 0 Å². The molecule has 0 heterocycles. The first-order valence-corrected chi connectivity index (χ1v) is 16.0. The molecule has 0 atom stereocenters. The molecule has 2 N–H and O–H groups in total. The van der Waals surface area contributed by atoms with Crippen molar-refractivity contribution in [1.29, 1.82) is 0 Å². The Morgan fingerprint density at radius 2 is 0.894 bits per heavy atom. The molecule has 1 aromatic carbocycles. The Morgan fingerprint density at radius 1 is 0.532 bits per heavy atom. The summed E-state index contributed by atoms with van der Waals surface area (Å²) in [6, 6.07) is 7.14. The summed E-state index contributed by atoms with van der Waals surface area (Å²) in [4.78, 5) is 32.9. The monoisotopic (exact) mass is 675 g/mol. The second-order valence-corrected chi connectivity index (χ2v) is 9.77. The van der Waals surface area contributed by atoms with Crippen LogP contribution in [0.1, 0.15) is 32.6 Å². The lowest BCUT2D eigenvalue weighted by atomic mass is 10.2. The van der Waals surface area contributed by atoms with Crippen molar-refractivity contribution in [2.24, 2.45) is 0 Å². The number of hydrogen-bond donors (Lipinski definition) is 2. The summed E-state index contributed by atoms with van der Waals surface area (Å²) in [5.74, 6) is -0.623. The fraction of sp³-hybridized carbons (Fsp3) is 0.719. The van der Waals surface area contributed by atoms with Gasteiger partial charge in [0.1, 0.15) is 19.0 Å². The molecule has 1 aromatic rings. The van der Waals surface area contributed by atoms with Gasteiger partial charge in [0.15, 0.2) is 0 Å². The minimum atomic E-state index is -0.865. The van der Waals surface area contributed by atoms with Crippen molar-refractivity contribution in [2.45, 2.75) is 32.6 Å². The number of rotatable bonds is 34. The Kier molecular flexibility index (Phi) is 28.4. The van der Waals surface area contributed by atoms with Crippen molar-refractivity contribution < 1.29 is 66.9 Å². The van der Waals surface area contributed by atoms with Crippen LogP contribution in [0.15, 0.2) is 24.3 Å². The van der Waals surface area contributed by atoms with Crippen molar-refractivity contribution in [1.82, 2.24) is 0 Å². The van der Waals surface area contributed by atoms with E-state index in [9.17, 15) is 14.4 Å². The van der Waals surface area contributed by atoms with E-state index >= 15 is 0 Å². The molecular formula is C32H53NO14. The first kappa shape index (κ1) is 42.1. The number of carboxylic acid groups (broad SMARTS) is 1. The van der Waals surface area contributed by atoms with Gasteiger partial charge in [-0.15, -0.1) is 0 Å². The standard InChI is InChI=1S/C32H53NO14/c1-28(34)33-29-6-8-30(9-7-29)46-26-24-44-22-20-42-18-16-40-14-12-38-10-11-39-13-15-41-17-19-43-21-23-45-25-27-47-32(37)5-3-2-4-31(35)36/h6-9H,2-5,10-27H2,1H3,(H,33,34)(H,35,36). The van der Waals surface area contributed by atoms with E-state index in [4.69, 9.17) is 52.5 Å². The molecule has 47 heavy (non-hydrogen) atoms. The molecular weight excluding hydrogens is 622 g/mol. The van der Waals surface area contributed by atoms with Crippen LogP contribution in [-0.2, 0) is 57.0 Å². The van der Waals surface area contributed by atoms with Gasteiger partial charge in [-0.25, -0.2) is 0 Å². The predicted octanol–water partition coefficient (Wildman–Crippen LogP) is 2.34. The number of esters is 1. The number of anilines is 1. The third kappa shape index (κ3) is 30.2. The smallest absolute Gasteiger partial charge is 0.305 e. The summed E-state index contributed by atoms with van der Waals surface area (Å²) in [5, 5.41) is 11.2. The molecule has 0 radical (unpaired) electrons. The minimum absolute atomic E-state index is 0.0574. The Bertz CT molecular complexity index is 902. The normalized spacial score (nSPS) is 11.0. The highest BCUT2D eigenvalue weighted by molar-refractivity contribution is 5.88. The van der Waals surface area contributed by atoms with Crippen LogP contribution < -0.4 is 10.1 Å². The van der Waals surface area contributed by atoms with E-state index < -0.39 is 5.97 Å². The minimum Gasteiger partial charge on any atom is -0.491 e. The molecule has 1 rings (SSSR count). The zero-order valence-corrected chi connectivity index (χ0v) is 27.6. The number of carbonyl (C=O) groups excluding carboxylic acids is 2. The van der Waals surface area contributed by atoms with Crippen molar-refractivity contribution >= 4 is 23.5 Å². The highest BCUT2D eigenvalue weighted by atomic mass is 16.6. The van der Waals surface area contributed by atoms with Crippen LogP contribution in [0.4, 0.5) is 5.69 Å². The van der Waals surface area contributed by atoms with Crippen molar-refractivity contribution in [3.8, 4) is 5.75 Å². The molecule has 0 bridgehead atoms. The Labute approximate surface area is 277 Å². The Hall–Kier alpha value is -2.89. The number of aliphatic carboxylic acids is 1. The van der Waals surface area contributed by atoms with Gasteiger partial charge in [0.05, 0.1) is 106 Å². The zero-order valence-electron chi connectivity index (χ0n) is 27.6. The second-order valence-electron chi connectivity index (χ2n) is 9.77. The van der Waals surface area contributed by atoms with Crippen LogP contribution in [0, 0.1) is 0 Å². The van der Waals surface area contributed by atoms with Crippen LogP contribution >= 0.6 is 0 Å². The molecule has 0 aliphatic carbocycles. The number of benzene rings is 1. The number of hydrogen-bond acceptors (Lipinski definition) is 13. The highest BCUT2D eigenvalue weighted by Crippen LogP contribution is 2.15. The maximum absolute atomic E-state index is 11.5. The maximum atomic E-state index is 11.5. The summed E-state index contributed by atoms with van der Waals surface area (Å²) in [7, 11) is 0. The molecule has 0 aliphatic rings. The third-order valence-electron chi connectivity index (χ3n) is 5.79. The molecule has 0 aliphatic heterocycles. The number of unbranched alkanes of at least 4 members (excludes halogenated alkanes) is 1. The van der Waals surface area contributed by atoms with Gasteiger partial charge < -0.3 is 57.8 Å². The lowest BCUT2D eigenvalue weighted by Crippen LogP contribution is -2.15. The van der Waals surface area contributed by atoms with Crippen LogP contribution in [0.25, 0.3) is 0 Å². The molecule has 0 fully saturated rings. The SMILES string of the molecule is CC(=O)Nc1ccc(OCCOCCOCCOCCOCCOCCOCCOCCOCCOC(=O)CCCCC(=O)O)cc1. The van der Waals surface area contributed by atoms with Gasteiger partial charge in [0, 0.05) is 25.5 Å². The quantitative estimate of drug-likeness (QED) is 0.0804. The maximum Gasteiger partial charge on any atom is 0.305 e. The van der Waals surface area contributed by atoms with Crippen molar-refractivity contribution in [3.05, 3.63) is 24.3 Å². The highest BCUT2D eigenvalue weighted by Gasteiger charge is 2.04. The van der Waals surface area contributed by atoms with Gasteiger partial charge in [-0.1, -0.05) is 0 Å². The van der Waals surface area contributed by atoms with E-state index in [0.29, 0.717) is 124 Å². The lowest BCUT2D eigenvalue weighted by molar-refractivity contribution is -0.146. The number of ether oxygens (including phenoxy) is 10. The van der Waals surface area contributed by atoms with Crippen LogP contribution in [0.3, 0.4) is 0 Å². The average molecular weight is 676 g/mol. The van der Waals surface area contributed by atoms with E-state index in [-0.39, 0.29) is 37.9 Å². The molecule has 270 valence electrons. The number of carboxylic acids is 1. The second kappa shape index (κ2) is 31.7. The largest absolute Gasteiger partial charge is 0.491 e. The third-order valence-corrected chi connectivity index (χ3v) is 5.79. The average Bonchev–Trinajstić information content (AvgIpc) is 3.04. The molecule has 15 heteroatoms. The van der Waals surface area contributed by atoms with E-state index in [1.165, 1.54) is 6.92 Å². The van der Waals surface area contributed by atoms with E-state index in [1.54, 1.807) is 24.3 Å².